The molecular formula is C17H33IN6O2. The first kappa shape index (κ1) is 23.1. The van der Waals surface area contributed by atoms with Gasteiger partial charge < -0.3 is 19.9 Å². The van der Waals surface area contributed by atoms with Gasteiger partial charge >= 0.3 is 0 Å². The molecular weight excluding hydrogens is 447 g/mol. The van der Waals surface area contributed by atoms with E-state index in [9.17, 15) is 0 Å². The van der Waals surface area contributed by atoms with Crippen LogP contribution in [-0.4, -0.2) is 73.5 Å². The second kappa shape index (κ2) is 12.4. The fourth-order valence-electron chi connectivity index (χ4n) is 3.01. The van der Waals surface area contributed by atoms with Gasteiger partial charge in [-0.3, -0.25) is 9.89 Å². The summed E-state index contributed by atoms with van der Waals surface area (Å²) in [6, 6.07) is 0.476. The second-order valence-corrected chi connectivity index (χ2v) is 6.68. The Kier molecular flexibility index (Phi) is 11.1. The molecule has 2 rings (SSSR count). The van der Waals surface area contributed by atoms with Gasteiger partial charge in [-0.1, -0.05) is 19.0 Å². The van der Waals surface area contributed by atoms with Gasteiger partial charge in [0.25, 0.3) is 0 Å². The third kappa shape index (κ3) is 7.75. The molecule has 0 saturated carbocycles. The van der Waals surface area contributed by atoms with Crippen LogP contribution >= 0.6 is 24.0 Å². The Morgan fingerprint density at radius 3 is 2.58 bits per heavy atom. The molecule has 2 N–H and O–H groups in total. The van der Waals surface area contributed by atoms with E-state index in [1.165, 1.54) is 0 Å². The number of morpholine rings is 1. The molecule has 1 aliphatic heterocycles. The van der Waals surface area contributed by atoms with Gasteiger partial charge in [-0.25, -0.2) is 0 Å². The van der Waals surface area contributed by atoms with Crippen LogP contribution in [0, 0.1) is 12.8 Å². The average Bonchev–Trinajstić information content (AvgIpc) is 3.03. The van der Waals surface area contributed by atoms with Crippen molar-refractivity contribution in [2.45, 2.75) is 39.7 Å². The zero-order chi connectivity index (χ0) is 18.1. The van der Waals surface area contributed by atoms with Crippen LogP contribution in [0.25, 0.3) is 0 Å². The van der Waals surface area contributed by atoms with Crippen LogP contribution in [0.2, 0.25) is 0 Å². The highest BCUT2D eigenvalue weighted by Crippen LogP contribution is 2.12. The molecule has 1 fully saturated rings. The average molecular weight is 480 g/mol. The largest absolute Gasteiger partial charge is 0.379 e. The van der Waals surface area contributed by atoms with Gasteiger partial charge in [0.2, 0.25) is 5.89 Å². The standard InChI is InChI=1S/C17H32N6O2.HI/c1-13(2)15(23-8-10-24-11-9-23)12-20-17(18-4)19-7-5-6-16-21-14(3)22-25-16;/h13,15H,5-12H2,1-4H3,(H2,18,19,20);1H. The molecule has 8 nitrogen and oxygen atoms in total. The Hall–Kier alpha value is -0.940. The first-order valence-electron chi connectivity index (χ1n) is 9.15. The van der Waals surface area contributed by atoms with E-state index in [0.717, 1.165) is 58.2 Å². The number of ether oxygens (including phenoxy) is 1. The highest BCUT2D eigenvalue weighted by Gasteiger charge is 2.23. The third-order valence-corrected chi connectivity index (χ3v) is 4.42. The zero-order valence-corrected chi connectivity index (χ0v) is 18.7. The number of hydrogen-bond donors (Lipinski definition) is 2. The number of aliphatic imine (C=N–C) groups is 1. The molecule has 1 saturated heterocycles. The van der Waals surface area contributed by atoms with E-state index in [1.54, 1.807) is 7.05 Å². The molecule has 1 unspecified atom stereocenters. The second-order valence-electron chi connectivity index (χ2n) is 6.68. The lowest BCUT2D eigenvalue weighted by Gasteiger charge is -2.37. The fraction of sp³-hybridized carbons (Fsp3) is 0.824. The van der Waals surface area contributed by atoms with E-state index >= 15 is 0 Å². The maximum absolute atomic E-state index is 5.46. The highest BCUT2D eigenvalue weighted by atomic mass is 127. The summed E-state index contributed by atoms with van der Waals surface area (Å²) < 4.78 is 10.6. The van der Waals surface area contributed by atoms with Gasteiger partial charge in [0.05, 0.1) is 13.2 Å². The van der Waals surface area contributed by atoms with Crippen molar-refractivity contribution in [2.24, 2.45) is 10.9 Å². The predicted molar refractivity (Wildman–Crippen MR) is 113 cm³/mol. The van der Waals surface area contributed by atoms with E-state index in [4.69, 9.17) is 9.26 Å². The summed E-state index contributed by atoms with van der Waals surface area (Å²) in [6.07, 6.45) is 1.69. The molecule has 0 bridgehead atoms. The van der Waals surface area contributed by atoms with Gasteiger partial charge in [-0.15, -0.1) is 24.0 Å². The molecule has 1 aromatic heterocycles. The molecule has 0 aromatic carbocycles. The van der Waals surface area contributed by atoms with Crippen LogP contribution in [0.5, 0.6) is 0 Å². The number of nitrogens with one attached hydrogen (secondary N) is 2. The highest BCUT2D eigenvalue weighted by molar-refractivity contribution is 14.0. The van der Waals surface area contributed by atoms with Crippen LogP contribution < -0.4 is 10.6 Å². The summed E-state index contributed by atoms with van der Waals surface area (Å²) >= 11 is 0. The molecule has 0 amide bonds. The number of nitrogens with zero attached hydrogens (tertiary/aromatic N) is 4. The van der Waals surface area contributed by atoms with E-state index < -0.39 is 0 Å². The van der Waals surface area contributed by atoms with Crippen molar-refractivity contribution in [1.29, 1.82) is 0 Å². The number of halogens is 1. The first-order valence-corrected chi connectivity index (χ1v) is 9.15. The summed E-state index contributed by atoms with van der Waals surface area (Å²) in [4.78, 5) is 11.0. The normalized spacial score (nSPS) is 17.0. The minimum atomic E-state index is 0. The first-order chi connectivity index (χ1) is 12.1. The molecule has 0 spiro atoms. The van der Waals surface area contributed by atoms with Crippen LogP contribution in [0.3, 0.4) is 0 Å². The molecule has 150 valence electrons. The Labute approximate surface area is 173 Å². The molecule has 1 aromatic rings. The summed E-state index contributed by atoms with van der Waals surface area (Å²) in [5, 5.41) is 10.6. The zero-order valence-electron chi connectivity index (χ0n) is 16.3. The number of guanidine groups is 1. The van der Waals surface area contributed by atoms with Crippen molar-refractivity contribution in [2.75, 3.05) is 46.4 Å². The van der Waals surface area contributed by atoms with E-state index in [-0.39, 0.29) is 24.0 Å². The molecule has 0 radical (unpaired) electrons. The summed E-state index contributed by atoms with van der Waals surface area (Å²) in [5.41, 5.74) is 0. The Morgan fingerprint density at radius 1 is 1.27 bits per heavy atom. The van der Waals surface area contributed by atoms with Gasteiger partial charge in [0, 0.05) is 45.7 Å². The SMILES string of the molecule is CN=C(NCCCc1nc(C)no1)NCC(C(C)C)N1CCOCC1.I. The van der Waals surface area contributed by atoms with Gasteiger partial charge in [0.15, 0.2) is 11.8 Å². The Balaban J connectivity index is 0.00000338. The Bertz CT molecular complexity index is 531. The van der Waals surface area contributed by atoms with Crippen LogP contribution in [0.4, 0.5) is 0 Å². The quantitative estimate of drug-likeness (QED) is 0.252. The van der Waals surface area contributed by atoms with Gasteiger partial charge in [-0.05, 0) is 19.3 Å². The Morgan fingerprint density at radius 2 is 2.00 bits per heavy atom. The molecule has 0 aliphatic carbocycles. The lowest BCUT2D eigenvalue weighted by molar-refractivity contribution is 0.00752. The van der Waals surface area contributed by atoms with E-state index in [2.05, 4.69) is 44.5 Å². The predicted octanol–water partition coefficient (Wildman–Crippen LogP) is 1.45. The van der Waals surface area contributed by atoms with Crippen LogP contribution in [0.15, 0.2) is 9.52 Å². The van der Waals surface area contributed by atoms with Crippen LogP contribution in [-0.2, 0) is 11.2 Å². The molecule has 1 aliphatic rings. The maximum Gasteiger partial charge on any atom is 0.226 e. The molecule has 26 heavy (non-hydrogen) atoms. The van der Waals surface area contributed by atoms with Crippen molar-refractivity contribution in [3.05, 3.63) is 11.7 Å². The lowest BCUT2D eigenvalue weighted by Crippen LogP contribution is -2.52. The molecule has 2 heterocycles. The smallest absolute Gasteiger partial charge is 0.226 e. The van der Waals surface area contributed by atoms with E-state index in [0.29, 0.717) is 23.7 Å². The van der Waals surface area contributed by atoms with Gasteiger partial charge in [-0.2, -0.15) is 4.98 Å². The van der Waals surface area contributed by atoms with Crippen molar-refractivity contribution in [3.8, 4) is 0 Å². The van der Waals surface area contributed by atoms with Crippen molar-refractivity contribution >= 4 is 29.9 Å². The number of aryl methyl sites for hydroxylation is 2. The van der Waals surface area contributed by atoms with E-state index in [1.807, 2.05) is 6.92 Å². The van der Waals surface area contributed by atoms with Crippen molar-refractivity contribution in [1.82, 2.24) is 25.7 Å². The number of hydrogen-bond acceptors (Lipinski definition) is 6. The number of rotatable bonds is 8. The topological polar surface area (TPSA) is 87.8 Å². The third-order valence-electron chi connectivity index (χ3n) is 4.42. The summed E-state index contributed by atoms with van der Waals surface area (Å²) in [6.45, 7) is 11.7. The summed E-state index contributed by atoms with van der Waals surface area (Å²) in [7, 11) is 1.80. The monoisotopic (exact) mass is 480 g/mol. The van der Waals surface area contributed by atoms with Crippen molar-refractivity contribution in [3.63, 3.8) is 0 Å². The fourth-order valence-corrected chi connectivity index (χ4v) is 3.01. The maximum atomic E-state index is 5.46. The van der Waals surface area contributed by atoms with Gasteiger partial charge in [0.1, 0.15) is 0 Å². The summed E-state index contributed by atoms with van der Waals surface area (Å²) in [5.74, 6) is 2.78. The number of aromatic nitrogens is 2. The van der Waals surface area contributed by atoms with Crippen LogP contribution in [0.1, 0.15) is 32.0 Å². The minimum Gasteiger partial charge on any atom is -0.379 e. The molecule has 1 atom stereocenters. The lowest BCUT2D eigenvalue weighted by atomic mass is 10.0. The minimum absolute atomic E-state index is 0. The van der Waals surface area contributed by atoms with Crippen molar-refractivity contribution < 1.29 is 9.26 Å². The molecule has 9 heteroatoms.